The van der Waals surface area contributed by atoms with Crippen molar-refractivity contribution < 1.29 is 9.90 Å². The number of hydrogen-bond acceptors (Lipinski definition) is 4. The van der Waals surface area contributed by atoms with Crippen LogP contribution in [0.4, 0.5) is 5.69 Å². The van der Waals surface area contributed by atoms with Crippen LogP contribution in [-0.4, -0.2) is 28.1 Å². The topological polar surface area (TPSA) is 52.9 Å². The molecule has 2 aromatic rings. The number of rotatable bonds is 2. The number of carbonyl (C=O) groups excluding carboxylic acids is 1. The van der Waals surface area contributed by atoms with Crippen molar-refractivity contribution in [3.05, 3.63) is 64.6 Å². The molecule has 1 aliphatic rings. The fraction of sp³-hybridized carbons (Fsp3) is 0.111. The van der Waals surface area contributed by atoms with Gasteiger partial charge < -0.3 is 5.11 Å². The number of aryl methyl sites for hydroxylation is 1. The van der Waals surface area contributed by atoms with Gasteiger partial charge in [-0.3, -0.25) is 9.69 Å². The van der Waals surface area contributed by atoms with E-state index in [1.807, 2.05) is 37.3 Å². The van der Waals surface area contributed by atoms with Crippen LogP contribution >= 0.6 is 11.8 Å². The molecule has 0 unspecified atom stereocenters. The van der Waals surface area contributed by atoms with Crippen molar-refractivity contribution in [1.29, 1.82) is 0 Å². The number of carbonyl (C=O) groups is 1. The van der Waals surface area contributed by atoms with Crippen LogP contribution in [0.2, 0.25) is 0 Å². The summed E-state index contributed by atoms with van der Waals surface area (Å²) in [6.07, 6.45) is 1.69. The summed E-state index contributed by atoms with van der Waals surface area (Å²) in [5.74, 6) is 0.0316. The van der Waals surface area contributed by atoms with Crippen LogP contribution in [0.1, 0.15) is 11.1 Å². The molecule has 1 aliphatic heterocycles. The van der Waals surface area contributed by atoms with E-state index < -0.39 is 0 Å². The molecule has 1 fully saturated rings. The fourth-order valence-corrected chi connectivity index (χ4v) is 3.11. The van der Waals surface area contributed by atoms with E-state index in [1.165, 1.54) is 16.7 Å². The first-order chi connectivity index (χ1) is 11.0. The van der Waals surface area contributed by atoms with Crippen molar-refractivity contribution >= 4 is 34.6 Å². The zero-order valence-electron chi connectivity index (χ0n) is 12.9. The summed E-state index contributed by atoms with van der Waals surface area (Å²) in [4.78, 5) is 18.9. The lowest BCUT2D eigenvalue weighted by molar-refractivity contribution is -0.121. The molecular weight excluding hydrogens is 308 g/mol. The van der Waals surface area contributed by atoms with Crippen LogP contribution in [-0.2, 0) is 4.79 Å². The summed E-state index contributed by atoms with van der Waals surface area (Å²) in [6.45, 7) is 2.02. The Morgan fingerprint density at radius 2 is 1.83 bits per heavy atom. The first-order valence-electron chi connectivity index (χ1n) is 7.15. The molecule has 0 spiro atoms. The zero-order valence-corrected chi connectivity index (χ0v) is 13.7. The number of hydrogen-bond donors (Lipinski definition) is 1. The maximum absolute atomic E-state index is 12.4. The molecule has 0 saturated carbocycles. The average Bonchev–Trinajstić information content (AvgIpc) is 2.80. The molecular formula is C18H16N2O2S. The van der Waals surface area contributed by atoms with Gasteiger partial charge in [0.1, 0.15) is 5.75 Å². The number of phenols is 1. The Hall–Kier alpha value is -2.53. The first-order valence-corrected chi connectivity index (χ1v) is 7.97. The molecule has 3 rings (SSSR count). The normalized spacial score (nSPS) is 18.2. The van der Waals surface area contributed by atoms with Crippen LogP contribution in [0, 0.1) is 6.92 Å². The first kappa shape index (κ1) is 15.4. The van der Waals surface area contributed by atoms with Crippen LogP contribution in [0.5, 0.6) is 5.75 Å². The molecule has 1 heterocycles. The van der Waals surface area contributed by atoms with Gasteiger partial charge in [0.05, 0.1) is 10.6 Å². The van der Waals surface area contributed by atoms with Crippen molar-refractivity contribution in [3.63, 3.8) is 0 Å². The molecule has 2 aromatic carbocycles. The maximum Gasteiger partial charge on any atom is 0.266 e. The minimum absolute atomic E-state index is 0.121. The standard InChI is InChI=1S/C18H16N2O2S/c1-12-7-9-14(10-8-12)19-18-20(2)17(22)16(23-18)11-13-5-3-4-6-15(13)21/h3-11,21H,1-2H3/b16-11-,19-18?. The Bertz CT molecular complexity index is 810. The van der Waals surface area contributed by atoms with Crippen molar-refractivity contribution in [2.24, 2.45) is 4.99 Å². The van der Waals surface area contributed by atoms with Gasteiger partial charge in [0.2, 0.25) is 0 Å². The van der Waals surface area contributed by atoms with Gasteiger partial charge in [0.15, 0.2) is 5.17 Å². The molecule has 116 valence electrons. The van der Waals surface area contributed by atoms with Crippen molar-refractivity contribution in [3.8, 4) is 5.75 Å². The van der Waals surface area contributed by atoms with Crippen molar-refractivity contribution in [1.82, 2.24) is 4.90 Å². The smallest absolute Gasteiger partial charge is 0.266 e. The lowest BCUT2D eigenvalue weighted by Crippen LogP contribution is -2.23. The highest BCUT2D eigenvalue weighted by Gasteiger charge is 2.30. The molecule has 0 atom stereocenters. The lowest BCUT2D eigenvalue weighted by atomic mass is 10.2. The van der Waals surface area contributed by atoms with E-state index in [2.05, 4.69) is 4.99 Å². The molecule has 1 N–H and O–H groups in total. The number of likely N-dealkylation sites (N-methyl/N-ethyl adjacent to an activating group) is 1. The molecule has 0 aliphatic carbocycles. The molecule has 23 heavy (non-hydrogen) atoms. The van der Waals surface area contributed by atoms with Gasteiger partial charge in [0, 0.05) is 12.6 Å². The summed E-state index contributed by atoms with van der Waals surface area (Å²) in [5.41, 5.74) is 2.59. The molecule has 1 saturated heterocycles. The quantitative estimate of drug-likeness (QED) is 0.852. The highest BCUT2D eigenvalue weighted by atomic mass is 32.2. The summed E-state index contributed by atoms with van der Waals surface area (Å²) in [6, 6.07) is 14.8. The molecule has 0 bridgehead atoms. The van der Waals surface area contributed by atoms with E-state index in [0.717, 1.165) is 11.3 Å². The third kappa shape index (κ3) is 3.29. The number of thioether (sulfide) groups is 1. The Morgan fingerprint density at radius 1 is 1.13 bits per heavy atom. The number of aliphatic imine (C=N–C) groups is 1. The van der Waals surface area contributed by atoms with Gasteiger partial charge in [-0.15, -0.1) is 0 Å². The minimum Gasteiger partial charge on any atom is -0.507 e. The Balaban J connectivity index is 1.91. The number of nitrogens with zero attached hydrogens (tertiary/aromatic N) is 2. The monoisotopic (exact) mass is 324 g/mol. The fourth-order valence-electron chi connectivity index (χ4n) is 2.13. The predicted molar refractivity (Wildman–Crippen MR) is 94.7 cm³/mol. The van der Waals surface area contributed by atoms with Gasteiger partial charge >= 0.3 is 0 Å². The van der Waals surface area contributed by atoms with E-state index in [-0.39, 0.29) is 11.7 Å². The summed E-state index contributed by atoms with van der Waals surface area (Å²) in [7, 11) is 1.70. The van der Waals surface area contributed by atoms with E-state index in [0.29, 0.717) is 15.6 Å². The van der Waals surface area contributed by atoms with E-state index in [1.54, 1.807) is 31.3 Å². The number of phenolic OH excluding ortho intramolecular Hbond substituents is 1. The summed E-state index contributed by atoms with van der Waals surface area (Å²) < 4.78 is 0. The second-order valence-electron chi connectivity index (χ2n) is 5.26. The second kappa shape index (κ2) is 6.30. The molecule has 0 aromatic heterocycles. The third-order valence-electron chi connectivity index (χ3n) is 3.49. The van der Waals surface area contributed by atoms with Crippen molar-refractivity contribution in [2.75, 3.05) is 7.05 Å². The van der Waals surface area contributed by atoms with Gasteiger partial charge in [-0.25, -0.2) is 4.99 Å². The number of benzene rings is 2. The van der Waals surface area contributed by atoms with Gasteiger partial charge in [0.25, 0.3) is 5.91 Å². The minimum atomic E-state index is -0.121. The van der Waals surface area contributed by atoms with E-state index >= 15 is 0 Å². The molecule has 1 amide bonds. The van der Waals surface area contributed by atoms with Crippen LogP contribution < -0.4 is 0 Å². The number of amidine groups is 1. The number of amides is 1. The lowest BCUT2D eigenvalue weighted by Gasteiger charge is -2.07. The van der Waals surface area contributed by atoms with Gasteiger partial charge in [-0.2, -0.15) is 0 Å². The van der Waals surface area contributed by atoms with E-state index in [4.69, 9.17) is 0 Å². The van der Waals surface area contributed by atoms with Crippen molar-refractivity contribution in [2.45, 2.75) is 6.92 Å². The van der Waals surface area contributed by atoms with Crippen LogP contribution in [0.3, 0.4) is 0 Å². The molecule has 5 heteroatoms. The predicted octanol–water partition coefficient (Wildman–Crippen LogP) is 3.93. The Labute approximate surface area is 139 Å². The third-order valence-corrected chi connectivity index (χ3v) is 4.55. The SMILES string of the molecule is Cc1ccc(N=C2S/C(=C\c3ccccc3O)C(=O)N2C)cc1. The van der Waals surface area contributed by atoms with Gasteiger partial charge in [-0.1, -0.05) is 35.9 Å². The highest BCUT2D eigenvalue weighted by molar-refractivity contribution is 8.18. The van der Waals surface area contributed by atoms with Gasteiger partial charge in [-0.05, 0) is 43.0 Å². The molecule has 0 radical (unpaired) electrons. The second-order valence-corrected chi connectivity index (χ2v) is 6.27. The van der Waals surface area contributed by atoms with E-state index in [9.17, 15) is 9.90 Å². The summed E-state index contributed by atoms with van der Waals surface area (Å²) in [5, 5.41) is 10.5. The largest absolute Gasteiger partial charge is 0.507 e. The number of para-hydroxylation sites is 1. The van der Waals surface area contributed by atoms with Crippen LogP contribution in [0.15, 0.2) is 58.4 Å². The molecule has 4 nitrogen and oxygen atoms in total. The zero-order chi connectivity index (χ0) is 16.4. The summed E-state index contributed by atoms with van der Waals surface area (Å²) >= 11 is 1.31. The average molecular weight is 324 g/mol. The Kier molecular flexibility index (Phi) is 4.21. The van der Waals surface area contributed by atoms with Crippen LogP contribution in [0.25, 0.3) is 6.08 Å². The number of aromatic hydroxyl groups is 1. The highest BCUT2D eigenvalue weighted by Crippen LogP contribution is 2.34. The Morgan fingerprint density at radius 3 is 2.52 bits per heavy atom. The maximum atomic E-state index is 12.4.